The molecule has 1 rings (SSSR count). The molecule has 8 heteroatoms. The summed E-state index contributed by atoms with van der Waals surface area (Å²) >= 11 is 0. The zero-order chi connectivity index (χ0) is 15.6. The Morgan fingerprint density at radius 2 is 1.85 bits per heavy atom. The molecule has 0 saturated carbocycles. The SMILES string of the molecule is CC(CS(=O)(=O)Cc1ccccc1C(F)(F)F)C(N)=O. The smallest absolute Gasteiger partial charge is 0.369 e. The average Bonchev–Trinajstić information content (AvgIpc) is 2.26. The highest BCUT2D eigenvalue weighted by atomic mass is 32.2. The molecule has 1 unspecified atom stereocenters. The van der Waals surface area contributed by atoms with Gasteiger partial charge in [-0.05, 0) is 11.6 Å². The quantitative estimate of drug-likeness (QED) is 0.900. The Kier molecular flexibility index (Phi) is 4.80. The summed E-state index contributed by atoms with van der Waals surface area (Å²) in [6.45, 7) is 1.32. The molecule has 0 saturated heterocycles. The van der Waals surface area contributed by atoms with E-state index in [-0.39, 0.29) is 5.56 Å². The number of amides is 1. The van der Waals surface area contributed by atoms with Crippen LogP contribution in [0, 0.1) is 5.92 Å². The summed E-state index contributed by atoms with van der Waals surface area (Å²) in [5.41, 5.74) is 3.63. The van der Waals surface area contributed by atoms with Crippen LogP contribution in [-0.4, -0.2) is 20.1 Å². The molecule has 112 valence electrons. The van der Waals surface area contributed by atoms with Gasteiger partial charge in [0.2, 0.25) is 5.91 Å². The van der Waals surface area contributed by atoms with E-state index in [9.17, 15) is 26.4 Å². The van der Waals surface area contributed by atoms with Crippen LogP contribution in [-0.2, 0) is 26.6 Å². The van der Waals surface area contributed by atoms with Crippen LogP contribution in [0.1, 0.15) is 18.1 Å². The van der Waals surface area contributed by atoms with Gasteiger partial charge in [0.05, 0.1) is 17.1 Å². The van der Waals surface area contributed by atoms with E-state index in [1.54, 1.807) is 0 Å². The molecule has 0 aliphatic carbocycles. The summed E-state index contributed by atoms with van der Waals surface area (Å²) in [6, 6.07) is 4.44. The molecule has 1 atom stereocenters. The van der Waals surface area contributed by atoms with Crippen LogP contribution in [0.5, 0.6) is 0 Å². The van der Waals surface area contributed by atoms with Crippen molar-refractivity contribution in [3.8, 4) is 0 Å². The fraction of sp³-hybridized carbons (Fsp3) is 0.417. The lowest BCUT2D eigenvalue weighted by Gasteiger charge is -2.14. The maximum Gasteiger partial charge on any atom is 0.416 e. The van der Waals surface area contributed by atoms with Crippen LogP contribution in [0.4, 0.5) is 13.2 Å². The van der Waals surface area contributed by atoms with Crippen molar-refractivity contribution in [1.82, 2.24) is 0 Å². The first-order chi connectivity index (χ1) is 9.03. The summed E-state index contributed by atoms with van der Waals surface area (Å²) in [7, 11) is -3.86. The maximum absolute atomic E-state index is 12.7. The summed E-state index contributed by atoms with van der Waals surface area (Å²) < 4.78 is 61.9. The first kappa shape index (κ1) is 16.5. The van der Waals surface area contributed by atoms with Crippen molar-refractivity contribution in [2.24, 2.45) is 11.7 Å². The molecule has 0 radical (unpaired) electrons. The number of benzene rings is 1. The van der Waals surface area contributed by atoms with Crippen molar-refractivity contribution < 1.29 is 26.4 Å². The van der Waals surface area contributed by atoms with E-state index in [2.05, 4.69) is 0 Å². The molecule has 0 aliphatic heterocycles. The molecule has 1 aromatic carbocycles. The van der Waals surface area contributed by atoms with Crippen molar-refractivity contribution in [1.29, 1.82) is 0 Å². The first-order valence-corrected chi connectivity index (χ1v) is 7.50. The lowest BCUT2D eigenvalue weighted by Crippen LogP contribution is -2.28. The minimum atomic E-state index is -4.62. The Labute approximate surface area is 114 Å². The highest BCUT2D eigenvalue weighted by molar-refractivity contribution is 7.90. The lowest BCUT2D eigenvalue weighted by molar-refractivity contribution is -0.138. The average molecular weight is 309 g/mol. The molecular formula is C12H14F3NO3S. The second-order valence-electron chi connectivity index (χ2n) is 4.51. The standard InChI is InChI=1S/C12H14F3NO3S/c1-8(11(16)17)6-20(18,19)7-9-4-2-3-5-10(9)12(13,14)15/h2-5,8H,6-7H2,1H3,(H2,16,17). The van der Waals surface area contributed by atoms with Gasteiger partial charge in [0.1, 0.15) is 0 Å². The number of alkyl halides is 3. The molecule has 20 heavy (non-hydrogen) atoms. The summed E-state index contributed by atoms with van der Waals surface area (Å²) in [5.74, 6) is -3.11. The molecule has 4 nitrogen and oxygen atoms in total. The number of carbonyl (C=O) groups is 1. The van der Waals surface area contributed by atoms with Crippen LogP contribution in [0.25, 0.3) is 0 Å². The Morgan fingerprint density at radius 3 is 2.35 bits per heavy atom. The number of halogens is 3. The minimum absolute atomic E-state index is 0.336. The number of sulfone groups is 1. The summed E-state index contributed by atoms with van der Waals surface area (Å²) in [6.07, 6.45) is -4.62. The Morgan fingerprint density at radius 1 is 1.30 bits per heavy atom. The zero-order valence-electron chi connectivity index (χ0n) is 10.6. The molecule has 0 fully saturated rings. The van der Waals surface area contributed by atoms with Gasteiger partial charge in [-0.1, -0.05) is 25.1 Å². The molecule has 0 aromatic heterocycles. The second-order valence-corrected chi connectivity index (χ2v) is 6.62. The van der Waals surface area contributed by atoms with Crippen molar-refractivity contribution in [3.63, 3.8) is 0 Å². The second kappa shape index (κ2) is 5.82. The van der Waals surface area contributed by atoms with Crippen molar-refractivity contribution in [3.05, 3.63) is 35.4 Å². The highest BCUT2D eigenvalue weighted by Crippen LogP contribution is 2.32. The molecular weight excluding hydrogens is 295 g/mol. The van der Waals surface area contributed by atoms with Gasteiger partial charge >= 0.3 is 6.18 Å². The van der Waals surface area contributed by atoms with Gasteiger partial charge in [0.25, 0.3) is 0 Å². The Hall–Kier alpha value is -1.57. The number of carbonyl (C=O) groups excluding carboxylic acids is 1. The number of rotatable bonds is 5. The third-order valence-electron chi connectivity index (χ3n) is 2.69. The zero-order valence-corrected chi connectivity index (χ0v) is 11.5. The van der Waals surface area contributed by atoms with Crippen LogP contribution >= 0.6 is 0 Å². The van der Waals surface area contributed by atoms with Gasteiger partial charge in [-0.2, -0.15) is 13.2 Å². The monoisotopic (exact) mass is 309 g/mol. The van der Waals surface area contributed by atoms with E-state index in [4.69, 9.17) is 5.73 Å². The van der Waals surface area contributed by atoms with Gasteiger partial charge in [0, 0.05) is 5.92 Å². The molecule has 0 aliphatic rings. The van der Waals surface area contributed by atoms with Crippen LogP contribution in [0.3, 0.4) is 0 Å². The third kappa shape index (κ3) is 4.52. The van der Waals surface area contributed by atoms with Crippen LogP contribution in [0.15, 0.2) is 24.3 Å². The highest BCUT2D eigenvalue weighted by Gasteiger charge is 2.34. The topological polar surface area (TPSA) is 77.2 Å². The molecule has 0 spiro atoms. The number of nitrogens with two attached hydrogens (primary N) is 1. The van der Waals surface area contributed by atoms with E-state index in [1.807, 2.05) is 0 Å². The van der Waals surface area contributed by atoms with Gasteiger partial charge in [-0.3, -0.25) is 4.79 Å². The minimum Gasteiger partial charge on any atom is -0.369 e. The van der Waals surface area contributed by atoms with E-state index in [0.29, 0.717) is 0 Å². The lowest BCUT2D eigenvalue weighted by atomic mass is 10.1. The largest absolute Gasteiger partial charge is 0.416 e. The van der Waals surface area contributed by atoms with Gasteiger partial charge < -0.3 is 5.73 Å². The molecule has 1 amide bonds. The predicted octanol–water partition coefficient (Wildman–Crippen LogP) is 1.74. The molecule has 2 N–H and O–H groups in total. The Bertz CT molecular complexity index is 596. The van der Waals surface area contributed by atoms with E-state index in [1.165, 1.54) is 19.1 Å². The normalized spacial score (nSPS) is 14.0. The van der Waals surface area contributed by atoms with E-state index >= 15 is 0 Å². The predicted molar refractivity (Wildman–Crippen MR) is 67.3 cm³/mol. The fourth-order valence-corrected chi connectivity index (χ4v) is 3.45. The van der Waals surface area contributed by atoms with Gasteiger partial charge in [-0.25, -0.2) is 8.42 Å². The molecule has 0 heterocycles. The third-order valence-corrected chi connectivity index (χ3v) is 4.45. The van der Waals surface area contributed by atoms with Crippen LogP contribution in [0.2, 0.25) is 0 Å². The van der Waals surface area contributed by atoms with E-state index < -0.39 is 44.9 Å². The molecule has 0 bridgehead atoms. The van der Waals surface area contributed by atoms with Gasteiger partial charge in [-0.15, -0.1) is 0 Å². The molecule has 1 aromatic rings. The Balaban J connectivity index is 3.02. The van der Waals surface area contributed by atoms with Crippen molar-refractivity contribution in [2.75, 3.05) is 5.75 Å². The summed E-state index contributed by atoms with van der Waals surface area (Å²) in [4.78, 5) is 10.8. The van der Waals surface area contributed by atoms with Crippen molar-refractivity contribution >= 4 is 15.7 Å². The van der Waals surface area contributed by atoms with Crippen LogP contribution < -0.4 is 5.73 Å². The number of hydrogen-bond donors (Lipinski definition) is 1. The number of primary amides is 1. The fourth-order valence-electron chi connectivity index (χ4n) is 1.68. The number of hydrogen-bond acceptors (Lipinski definition) is 3. The van der Waals surface area contributed by atoms with Gasteiger partial charge in [0.15, 0.2) is 9.84 Å². The summed E-state index contributed by atoms with van der Waals surface area (Å²) in [5, 5.41) is 0. The maximum atomic E-state index is 12.7. The van der Waals surface area contributed by atoms with Crippen molar-refractivity contribution in [2.45, 2.75) is 18.9 Å². The first-order valence-electron chi connectivity index (χ1n) is 5.68. The van der Waals surface area contributed by atoms with E-state index in [0.717, 1.165) is 12.1 Å².